The quantitative estimate of drug-likeness (QED) is 0.813. The monoisotopic (exact) mass is 415 g/mol. The van der Waals surface area contributed by atoms with Crippen molar-refractivity contribution in [2.75, 3.05) is 19.7 Å². The molecule has 2 aliphatic rings. The third-order valence-electron chi connectivity index (χ3n) is 6.37. The van der Waals surface area contributed by atoms with Crippen molar-refractivity contribution in [3.8, 4) is 0 Å². The fourth-order valence-electron chi connectivity index (χ4n) is 4.29. The van der Waals surface area contributed by atoms with Crippen LogP contribution in [0.25, 0.3) is 0 Å². The first-order valence-corrected chi connectivity index (χ1v) is 10.8. The average molecular weight is 416 g/mol. The summed E-state index contributed by atoms with van der Waals surface area (Å²) in [6.45, 7) is 8.29. The number of fused-ring (bicyclic) bond motifs is 1. The van der Waals surface area contributed by atoms with E-state index in [9.17, 15) is 9.18 Å². The van der Waals surface area contributed by atoms with Crippen LogP contribution in [-0.2, 0) is 24.4 Å². The summed E-state index contributed by atoms with van der Waals surface area (Å²) in [6, 6.07) is 6.89. The maximum atomic E-state index is 13.5. The average Bonchev–Trinajstić information content (AvgIpc) is 3.03. The molecule has 0 saturated carbocycles. The molecule has 7 nitrogen and oxygen atoms in total. The van der Waals surface area contributed by atoms with Crippen molar-refractivity contribution < 1.29 is 13.9 Å². The van der Waals surface area contributed by atoms with E-state index in [0.717, 1.165) is 44.5 Å². The normalized spacial score (nSPS) is 19.8. The fourth-order valence-corrected chi connectivity index (χ4v) is 4.29. The van der Waals surface area contributed by atoms with E-state index in [0.29, 0.717) is 31.4 Å². The van der Waals surface area contributed by atoms with Crippen LogP contribution >= 0.6 is 0 Å². The zero-order valence-electron chi connectivity index (χ0n) is 17.7. The number of ether oxygens (including phenoxy) is 1. The van der Waals surface area contributed by atoms with Crippen molar-refractivity contribution in [3.05, 3.63) is 47.3 Å². The Morgan fingerprint density at radius 3 is 2.87 bits per heavy atom. The lowest BCUT2D eigenvalue weighted by atomic mass is 9.78. The number of amides is 1. The van der Waals surface area contributed by atoms with Crippen molar-refractivity contribution in [2.45, 2.75) is 58.8 Å². The summed E-state index contributed by atoms with van der Waals surface area (Å²) in [5, 5.41) is 11.4. The minimum Gasteiger partial charge on any atom is -0.373 e. The minimum atomic E-state index is -0.193. The number of hydrogen-bond donors (Lipinski definition) is 1. The van der Waals surface area contributed by atoms with Gasteiger partial charge < -0.3 is 14.6 Å². The summed E-state index contributed by atoms with van der Waals surface area (Å²) < 4.78 is 21.4. The highest BCUT2D eigenvalue weighted by Gasteiger charge is 2.39. The molecule has 30 heavy (non-hydrogen) atoms. The number of piperidine rings is 1. The van der Waals surface area contributed by atoms with Crippen LogP contribution in [0.15, 0.2) is 24.3 Å². The van der Waals surface area contributed by atoms with Gasteiger partial charge in [-0.3, -0.25) is 9.69 Å². The topological polar surface area (TPSA) is 72.3 Å². The Bertz CT molecular complexity index is 891. The molecular formula is C22H30FN5O2. The molecule has 2 aliphatic heterocycles. The second-order valence-electron chi connectivity index (χ2n) is 8.71. The van der Waals surface area contributed by atoms with E-state index in [1.165, 1.54) is 6.07 Å². The molecule has 0 aliphatic carbocycles. The highest BCUT2D eigenvalue weighted by atomic mass is 19.1. The van der Waals surface area contributed by atoms with Crippen LogP contribution in [0.1, 0.15) is 55.1 Å². The number of likely N-dealkylation sites (tertiary alicyclic amines) is 1. The van der Waals surface area contributed by atoms with Gasteiger partial charge in [0.25, 0.3) is 5.91 Å². The van der Waals surface area contributed by atoms with E-state index in [1.54, 1.807) is 12.1 Å². The van der Waals surface area contributed by atoms with Crippen LogP contribution in [0, 0.1) is 11.2 Å². The zero-order chi connectivity index (χ0) is 21.1. The molecule has 1 amide bonds. The lowest BCUT2D eigenvalue weighted by Crippen LogP contribution is -2.44. The van der Waals surface area contributed by atoms with E-state index >= 15 is 0 Å². The highest BCUT2D eigenvalue weighted by Crippen LogP contribution is 2.36. The Hall–Kier alpha value is -2.32. The molecule has 1 spiro atoms. The lowest BCUT2D eigenvalue weighted by molar-refractivity contribution is -0.00571. The highest BCUT2D eigenvalue weighted by molar-refractivity contribution is 5.90. The number of nitrogens with one attached hydrogen (secondary N) is 1. The number of aromatic nitrogens is 3. The minimum absolute atomic E-state index is 0.0442. The maximum absolute atomic E-state index is 13.5. The van der Waals surface area contributed by atoms with E-state index in [-0.39, 0.29) is 23.2 Å². The van der Waals surface area contributed by atoms with Crippen molar-refractivity contribution in [2.24, 2.45) is 5.41 Å². The Labute approximate surface area is 176 Å². The smallest absolute Gasteiger partial charge is 0.289 e. The first-order valence-electron chi connectivity index (χ1n) is 10.8. The number of carbonyl (C=O) groups excluding carboxylic acids is 1. The molecule has 162 valence electrons. The van der Waals surface area contributed by atoms with Crippen molar-refractivity contribution in [1.82, 2.24) is 25.0 Å². The summed E-state index contributed by atoms with van der Waals surface area (Å²) in [5.41, 5.74) is 0.949. The van der Waals surface area contributed by atoms with Gasteiger partial charge in [-0.2, -0.15) is 0 Å². The molecule has 1 saturated heterocycles. The first kappa shape index (κ1) is 20.9. The molecule has 4 rings (SSSR count). The summed E-state index contributed by atoms with van der Waals surface area (Å²) in [7, 11) is 0. The van der Waals surface area contributed by atoms with Gasteiger partial charge in [0.2, 0.25) is 5.82 Å². The number of halogens is 1. The molecule has 0 bridgehead atoms. The molecule has 1 atom stereocenters. The number of rotatable bonds is 5. The van der Waals surface area contributed by atoms with Crippen LogP contribution in [0.3, 0.4) is 0 Å². The van der Waals surface area contributed by atoms with Gasteiger partial charge in [-0.25, -0.2) is 4.39 Å². The Balaban J connectivity index is 1.44. The summed E-state index contributed by atoms with van der Waals surface area (Å²) in [4.78, 5) is 15.1. The predicted molar refractivity (Wildman–Crippen MR) is 110 cm³/mol. The van der Waals surface area contributed by atoms with E-state index in [2.05, 4.69) is 20.4 Å². The molecule has 0 radical (unpaired) electrons. The van der Waals surface area contributed by atoms with Crippen LogP contribution in [-0.4, -0.2) is 51.3 Å². The summed E-state index contributed by atoms with van der Waals surface area (Å²) in [5.74, 6) is 0.714. The van der Waals surface area contributed by atoms with Gasteiger partial charge >= 0.3 is 0 Å². The van der Waals surface area contributed by atoms with Gasteiger partial charge in [0.15, 0.2) is 5.82 Å². The zero-order valence-corrected chi connectivity index (χ0v) is 17.7. The number of benzene rings is 1. The van der Waals surface area contributed by atoms with Crippen LogP contribution < -0.4 is 5.32 Å². The molecule has 1 fully saturated rings. The Morgan fingerprint density at radius 2 is 2.13 bits per heavy atom. The van der Waals surface area contributed by atoms with E-state index in [1.807, 2.05) is 24.5 Å². The molecule has 1 aromatic carbocycles. The van der Waals surface area contributed by atoms with Gasteiger partial charge in [0.1, 0.15) is 12.4 Å². The van der Waals surface area contributed by atoms with Gasteiger partial charge in [0.05, 0.1) is 6.61 Å². The largest absolute Gasteiger partial charge is 0.373 e. The molecule has 0 unspecified atom stereocenters. The van der Waals surface area contributed by atoms with Gasteiger partial charge in [-0.05, 0) is 57.0 Å². The van der Waals surface area contributed by atoms with Crippen molar-refractivity contribution >= 4 is 5.91 Å². The first-order chi connectivity index (χ1) is 14.5. The van der Waals surface area contributed by atoms with Gasteiger partial charge in [-0.15, -0.1) is 10.2 Å². The van der Waals surface area contributed by atoms with Crippen LogP contribution in [0.5, 0.6) is 0 Å². The lowest BCUT2D eigenvalue weighted by Gasteiger charge is -2.41. The van der Waals surface area contributed by atoms with Gasteiger partial charge in [0, 0.05) is 24.5 Å². The molecule has 1 N–H and O–H groups in total. The Kier molecular flexibility index (Phi) is 6.15. The second-order valence-corrected chi connectivity index (χ2v) is 8.71. The third-order valence-corrected chi connectivity index (χ3v) is 6.37. The van der Waals surface area contributed by atoms with Gasteiger partial charge in [-0.1, -0.05) is 19.1 Å². The second kappa shape index (κ2) is 8.81. The van der Waals surface area contributed by atoms with Crippen molar-refractivity contribution in [1.29, 1.82) is 0 Å². The van der Waals surface area contributed by atoms with E-state index < -0.39 is 0 Å². The predicted octanol–water partition coefficient (Wildman–Crippen LogP) is 2.76. The summed E-state index contributed by atoms with van der Waals surface area (Å²) >= 11 is 0. The third kappa shape index (κ3) is 4.54. The number of nitrogens with zero attached hydrogens (tertiary/aromatic N) is 4. The molecular weight excluding hydrogens is 385 g/mol. The molecule has 8 heteroatoms. The maximum Gasteiger partial charge on any atom is 0.289 e. The molecule has 3 heterocycles. The standard InChI is InChI=1S/C22H30FN5O2/c1-3-16(2)24-21(29)20-26-25-19-13-30-15-22(14-28(19)20)7-9-27(10-8-22)12-17-5-4-6-18(23)11-17/h4-6,11,16H,3,7-10,12-15H2,1-2H3,(H,24,29)/t16-/m0/s1. The fraction of sp³-hybridized carbons (Fsp3) is 0.591. The van der Waals surface area contributed by atoms with Crippen LogP contribution in [0.2, 0.25) is 0 Å². The molecule has 1 aromatic heterocycles. The Morgan fingerprint density at radius 1 is 1.33 bits per heavy atom. The summed E-state index contributed by atoms with van der Waals surface area (Å²) in [6.07, 6.45) is 2.76. The number of carbonyl (C=O) groups is 1. The molecule has 2 aromatic rings. The van der Waals surface area contributed by atoms with E-state index in [4.69, 9.17) is 4.74 Å². The van der Waals surface area contributed by atoms with Crippen LogP contribution in [0.4, 0.5) is 4.39 Å². The van der Waals surface area contributed by atoms with Crippen molar-refractivity contribution in [3.63, 3.8) is 0 Å². The number of hydrogen-bond acceptors (Lipinski definition) is 5. The SMILES string of the molecule is CC[C@H](C)NC(=O)c1nnc2n1CC1(CCN(Cc3cccc(F)c3)CC1)COC2.